The predicted molar refractivity (Wildman–Crippen MR) is 178 cm³/mol. The van der Waals surface area contributed by atoms with Gasteiger partial charge in [-0.05, 0) is 57.0 Å². The van der Waals surface area contributed by atoms with Crippen molar-refractivity contribution in [2.24, 2.45) is 0 Å². The molecule has 0 unspecified atom stereocenters. The van der Waals surface area contributed by atoms with Crippen molar-refractivity contribution >= 4 is 22.8 Å². The largest absolute Gasteiger partial charge is 0.457 e. The van der Waals surface area contributed by atoms with Gasteiger partial charge in [0.05, 0.1) is 18.0 Å². The summed E-state index contributed by atoms with van der Waals surface area (Å²) >= 11 is 0. The molecule has 4 heterocycles. The lowest BCUT2D eigenvalue weighted by Crippen LogP contribution is -2.55. The number of nitriles is 1. The Balaban J connectivity index is 1.22. The summed E-state index contributed by atoms with van der Waals surface area (Å²) in [6.45, 7) is 4.52. The number of halogens is 4. The highest BCUT2D eigenvalue weighted by molar-refractivity contribution is 5.99. The fourth-order valence-electron chi connectivity index (χ4n) is 6.65. The van der Waals surface area contributed by atoms with E-state index in [-0.39, 0.29) is 48.3 Å². The van der Waals surface area contributed by atoms with Crippen LogP contribution in [0, 0.1) is 17.1 Å². The Morgan fingerprint density at radius 3 is 2.48 bits per heavy atom. The quantitative estimate of drug-likeness (QED) is 0.143. The number of hydrogen-bond donors (Lipinski definition) is 1. The number of likely N-dealkylation sites (tertiary alicyclic amines) is 1. The number of nitrogens with zero attached hydrogens (tertiary/aromatic N) is 8. The Morgan fingerprint density at radius 1 is 1.06 bits per heavy atom. The second kappa shape index (κ2) is 14.0. The number of nitrogens with two attached hydrogens (primary N) is 1. The monoisotopic (exact) mass is 691 g/mol. The number of para-hydroxylation sites is 1. The number of ether oxygens (including phenoxy) is 1. The van der Waals surface area contributed by atoms with Crippen LogP contribution in [0.2, 0.25) is 0 Å². The maximum absolute atomic E-state index is 15.6. The minimum Gasteiger partial charge on any atom is -0.457 e. The molecule has 2 aromatic heterocycles. The number of nitrogen functional groups attached to an aromatic ring is 1. The molecule has 2 aliphatic heterocycles. The molecule has 11 nitrogen and oxygen atoms in total. The van der Waals surface area contributed by atoms with Crippen LogP contribution in [0.15, 0.2) is 66.5 Å². The molecule has 0 aliphatic carbocycles. The lowest BCUT2D eigenvalue weighted by Gasteiger charge is -2.43. The molecule has 6 rings (SSSR count). The highest BCUT2D eigenvalue weighted by Gasteiger charge is 2.36. The first-order chi connectivity index (χ1) is 23.8. The number of piperidine rings is 1. The molecule has 0 spiro atoms. The fourth-order valence-corrected chi connectivity index (χ4v) is 6.65. The van der Waals surface area contributed by atoms with E-state index >= 15 is 4.39 Å². The topological polar surface area (TPSA) is 129 Å². The van der Waals surface area contributed by atoms with Gasteiger partial charge in [0.15, 0.2) is 5.65 Å². The molecule has 2 aromatic carbocycles. The van der Waals surface area contributed by atoms with Crippen molar-refractivity contribution in [2.45, 2.75) is 44.4 Å². The van der Waals surface area contributed by atoms with Crippen LogP contribution in [0.1, 0.15) is 32.7 Å². The molecule has 0 saturated carbocycles. The smallest absolute Gasteiger partial charge is 0.401 e. The standard InChI is InChI=1S/C35H37F4N9O2/c1-34(2,47-15-13-45(14-16-47)21-35(37,38)39)18-23(19-40)33(49)46-12-6-7-24(20-46)48-32-29(31(41)42-22-43-32)30(44-48)27-11-10-26(17-28(27)36)50-25-8-4-3-5-9-25/h3-5,8-11,17-18,22,24H,6-7,12-16,20-21H2,1-2H3,(H2,41,42,43)/t24-/m0/s1. The molecule has 50 heavy (non-hydrogen) atoms. The SMILES string of the molecule is CC(C)(C=C(C#N)C(=O)N1CCC[C@H](n2nc(-c3ccc(Oc4ccccc4)cc3F)c3c(N)ncnc32)C1)N1CCN(CC(F)(F)F)CC1. The third kappa shape index (κ3) is 7.56. The molecule has 2 N–H and O–H groups in total. The Bertz CT molecular complexity index is 1930. The number of carbonyl (C=O) groups excluding carboxylic acids is 1. The molecule has 2 aliphatic rings. The summed E-state index contributed by atoms with van der Waals surface area (Å²) < 4.78 is 61.7. The Kier molecular flexibility index (Phi) is 9.77. The lowest BCUT2D eigenvalue weighted by molar-refractivity contribution is -0.150. The summed E-state index contributed by atoms with van der Waals surface area (Å²) in [6, 6.07) is 15.2. The highest BCUT2D eigenvalue weighted by Crippen LogP contribution is 2.36. The van der Waals surface area contributed by atoms with E-state index in [9.17, 15) is 23.2 Å². The number of rotatable bonds is 8. The van der Waals surface area contributed by atoms with Crippen LogP contribution in [0.5, 0.6) is 11.5 Å². The number of benzene rings is 2. The zero-order valence-corrected chi connectivity index (χ0v) is 27.7. The molecular formula is C35H37F4N9O2. The summed E-state index contributed by atoms with van der Waals surface area (Å²) in [7, 11) is 0. The van der Waals surface area contributed by atoms with Crippen molar-refractivity contribution in [3.05, 3.63) is 72.3 Å². The molecule has 0 bridgehead atoms. The van der Waals surface area contributed by atoms with Crippen molar-refractivity contribution in [1.29, 1.82) is 5.26 Å². The maximum Gasteiger partial charge on any atom is 0.401 e. The van der Waals surface area contributed by atoms with Gasteiger partial charge in [0.2, 0.25) is 0 Å². The first-order valence-electron chi connectivity index (χ1n) is 16.3. The number of carbonyl (C=O) groups is 1. The number of alkyl halides is 3. The van der Waals surface area contributed by atoms with E-state index in [1.54, 1.807) is 39.9 Å². The van der Waals surface area contributed by atoms with Gasteiger partial charge >= 0.3 is 6.18 Å². The van der Waals surface area contributed by atoms with Crippen LogP contribution < -0.4 is 10.5 Å². The van der Waals surface area contributed by atoms with Gasteiger partial charge in [-0.2, -0.15) is 23.5 Å². The van der Waals surface area contributed by atoms with Gasteiger partial charge in [-0.15, -0.1) is 0 Å². The summed E-state index contributed by atoms with van der Waals surface area (Å²) in [5, 5.41) is 15.2. The molecule has 1 amide bonds. The van der Waals surface area contributed by atoms with Crippen LogP contribution in [-0.4, -0.2) is 97.9 Å². The second-order valence-corrected chi connectivity index (χ2v) is 13.1. The average Bonchev–Trinajstić information content (AvgIpc) is 3.48. The molecule has 1 atom stereocenters. The summed E-state index contributed by atoms with van der Waals surface area (Å²) in [6.07, 6.45) is -0.123. The molecule has 2 saturated heterocycles. The lowest BCUT2D eigenvalue weighted by atomic mass is 9.96. The molecular weight excluding hydrogens is 654 g/mol. The number of piperazine rings is 1. The number of hydrogen-bond acceptors (Lipinski definition) is 9. The van der Waals surface area contributed by atoms with E-state index in [2.05, 4.69) is 16.0 Å². The van der Waals surface area contributed by atoms with Crippen molar-refractivity contribution in [2.75, 3.05) is 51.5 Å². The van der Waals surface area contributed by atoms with Gasteiger partial charge in [0.1, 0.15) is 46.8 Å². The highest BCUT2D eigenvalue weighted by atomic mass is 19.4. The van der Waals surface area contributed by atoms with Gasteiger partial charge in [0.25, 0.3) is 5.91 Å². The summed E-state index contributed by atoms with van der Waals surface area (Å²) in [5.74, 6) is -0.0435. The minimum absolute atomic E-state index is 0.0502. The van der Waals surface area contributed by atoms with Gasteiger partial charge in [-0.1, -0.05) is 18.2 Å². The minimum atomic E-state index is -4.27. The molecule has 4 aromatic rings. The van der Waals surface area contributed by atoms with Crippen LogP contribution in [0.4, 0.5) is 23.4 Å². The van der Waals surface area contributed by atoms with E-state index in [1.165, 1.54) is 17.3 Å². The Morgan fingerprint density at radius 2 is 1.80 bits per heavy atom. The number of aromatic nitrogens is 4. The van der Waals surface area contributed by atoms with Gasteiger partial charge < -0.3 is 15.4 Å². The fraction of sp³-hybridized carbons (Fsp3) is 0.400. The van der Waals surface area contributed by atoms with E-state index in [0.717, 1.165) is 0 Å². The normalized spacial score (nSPS) is 18.3. The summed E-state index contributed by atoms with van der Waals surface area (Å²) in [4.78, 5) is 27.3. The first kappa shape index (κ1) is 34.8. The van der Waals surface area contributed by atoms with Gasteiger partial charge in [0, 0.05) is 56.4 Å². The van der Waals surface area contributed by atoms with Crippen LogP contribution >= 0.6 is 0 Å². The van der Waals surface area contributed by atoms with Crippen molar-refractivity contribution in [1.82, 2.24) is 34.4 Å². The molecule has 15 heteroatoms. The van der Waals surface area contributed by atoms with Gasteiger partial charge in [-0.3, -0.25) is 14.6 Å². The first-order valence-corrected chi connectivity index (χ1v) is 16.3. The van der Waals surface area contributed by atoms with E-state index < -0.39 is 30.0 Å². The van der Waals surface area contributed by atoms with Crippen LogP contribution in [0.25, 0.3) is 22.3 Å². The Labute approximate surface area is 286 Å². The molecule has 2 fully saturated rings. The maximum atomic E-state index is 15.6. The van der Waals surface area contributed by atoms with Crippen molar-refractivity contribution in [3.63, 3.8) is 0 Å². The van der Waals surface area contributed by atoms with E-state index in [4.69, 9.17) is 15.6 Å². The third-order valence-electron chi connectivity index (χ3n) is 9.16. The van der Waals surface area contributed by atoms with E-state index in [0.29, 0.717) is 55.0 Å². The molecule has 0 radical (unpaired) electrons. The number of fused-ring (bicyclic) bond motifs is 1. The average molecular weight is 692 g/mol. The van der Waals surface area contributed by atoms with Crippen LogP contribution in [0.3, 0.4) is 0 Å². The number of amides is 1. The zero-order chi connectivity index (χ0) is 35.6. The van der Waals surface area contributed by atoms with E-state index in [1.807, 2.05) is 36.9 Å². The zero-order valence-electron chi connectivity index (χ0n) is 27.7. The van der Waals surface area contributed by atoms with Crippen LogP contribution in [-0.2, 0) is 4.79 Å². The van der Waals surface area contributed by atoms with Crippen molar-refractivity contribution < 1.29 is 27.1 Å². The predicted octanol–water partition coefficient (Wildman–Crippen LogP) is 5.58. The third-order valence-corrected chi connectivity index (χ3v) is 9.16. The van der Waals surface area contributed by atoms with Crippen molar-refractivity contribution in [3.8, 4) is 28.8 Å². The number of anilines is 1. The summed E-state index contributed by atoms with van der Waals surface area (Å²) in [5.41, 5.74) is 6.30. The molecule has 262 valence electrons. The Hall–Kier alpha value is -5.07. The van der Waals surface area contributed by atoms with Gasteiger partial charge in [-0.25, -0.2) is 19.0 Å². The second-order valence-electron chi connectivity index (χ2n) is 13.1.